The highest BCUT2D eigenvalue weighted by Gasteiger charge is 2.45. The van der Waals surface area contributed by atoms with Crippen LogP contribution < -0.4 is 5.32 Å². The SMILES string of the molecule is CC1(C)CC1CNC(=O)c1cc(S(=O)(=O)Cl)c(Br)cc1Cl. The van der Waals surface area contributed by atoms with Gasteiger partial charge in [0, 0.05) is 21.7 Å². The van der Waals surface area contributed by atoms with Crippen LogP contribution in [0.5, 0.6) is 0 Å². The number of amides is 1. The predicted molar refractivity (Wildman–Crippen MR) is 86.4 cm³/mol. The van der Waals surface area contributed by atoms with Crippen LogP contribution >= 0.6 is 38.2 Å². The molecule has 1 aromatic rings. The average molecular weight is 415 g/mol. The van der Waals surface area contributed by atoms with Gasteiger partial charge in [0.05, 0.1) is 15.5 Å². The molecule has 1 aliphatic carbocycles. The van der Waals surface area contributed by atoms with Gasteiger partial charge in [0.25, 0.3) is 15.0 Å². The topological polar surface area (TPSA) is 63.2 Å². The monoisotopic (exact) mass is 413 g/mol. The van der Waals surface area contributed by atoms with Crippen molar-refractivity contribution < 1.29 is 13.2 Å². The number of nitrogens with one attached hydrogen (secondary N) is 1. The highest BCUT2D eigenvalue weighted by Crippen LogP contribution is 2.51. The Morgan fingerprint density at radius 2 is 2.05 bits per heavy atom. The number of rotatable bonds is 4. The van der Waals surface area contributed by atoms with Gasteiger partial charge in [0.2, 0.25) is 0 Å². The number of benzene rings is 1. The van der Waals surface area contributed by atoms with Gasteiger partial charge < -0.3 is 5.32 Å². The van der Waals surface area contributed by atoms with Gasteiger partial charge in [-0.25, -0.2) is 8.42 Å². The van der Waals surface area contributed by atoms with E-state index in [0.29, 0.717) is 12.5 Å². The lowest BCUT2D eigenvalue weighted by molar-refractivity contribution is 0.0950. The second kappa shape index (κ2) is 5.72. The number of carbonyl (C=O) groups excluding carboxylic acids is 1. The zero-order valence-corrected chi connectivity index (χ0v) is 15.3. The van der Waals surface area contributed by atoms with Crippen molar-refractivity contribution in [1.82, 2.24) is 5.32 Å². The Morgan fingerprint density at radius 3 is 2.52 bits per heavy atom. The molecule has 0 saturated heterocycles. The van der Waals surface area contributed by atoms with Crippen molar-refractivity contribution in [2.75, 3.05) is 6.54 Å². The first-order valence-corrected chi connectivity index (χ1v) is 9.72. The maximum atomic E-state index is 12.2. The molecule has 1 amide bonds. The molecule has 0 bridgehead atoms. The van der Waals surface area contributed by atoms with E-state index in [-0.39, 0.29) is 25.4 Å². The normalized spacial score (nSPS) is 20.1. The predicted octanol–water partition coefficient (Wildman–Crippen LogP) is 3.81. The molecule has 1 saturated carbocycles. The summed E-state index contributed by atoms with van der Waals surface area (Å²) in [5.74, 6) is 0.0312. The minimum absolute atomic E-state index is 0.0950. The van der Waals surface area contributed by atoms with E-state index < -0.39 is 15.0 Å². The van der Waals surface area contributed by atoms with Gasteiger partial charge in [-0.05, 0) is 45.8 Å². The highest BCUT2D eigenvalue weighted by atomic mass is 79.9. The average Bonchev–Trinajstić information content (AvgIpc) is 2.92. The van der Waals surface area contributed by atoms with E-state index >= 15 is 0 Å². The van der Waals surface area contributed by atoms with Crippen LogP contribution in [-0.2, 0) is 9.05 Å². The van der Waals surface area contributed by atoms with E-state index in [0.717, 1.165) is 6.42 Å². The molecule has 21 heavy (non-hydrogen) atoms. The van der Waals surface area contributed by atoms with Crippen LogP contribution in [0.3, 0.4) is 0 Å². The van der Waals surface area contributed by atoms with E-state index in [1.54, 1.807) is 0 Å². The molecule has 8 heteroatoms. The van der Waals surface area contributed by atoms with E-state index in [1.807, 2.05) is 0 Å². The smallest absolute Gasteiger partial charge is 0.262 e. The Balaban J connectivity index is 2.21. The Labute approximate surface area is 141 Å². The molecule has 0 aliphatic heterocycles. The molecule has 1 N–H and O–H groups in total. The van der Waals surface area contributed by atoms with E-state index in [1.165, 1.54) is 12.1 Å². The minimum atomic E-state index is -3.96. The van der Waals surface area contributed by atoms with Crippen LogP contribution in [0.1, 0.15) is 30.6 Å². The van der Waals surface area contributed by atoms with Crippen molar-refractivity contribution in [2.45, 2.75) is 25.2 Å². The summed E-state index contributed by atoms with van der Waals surface area (Å²) < 4.78 is 23.1. The summed E-state index contributed by atoms with van der Waals surface area (Å²) in [7, 11) is 1.38. The third kappa shape index (κ3) is 3.92. The first kappa shape index (κ1) is 17.1. The Bertz CT molecular complexity index is 704. The van der Waals surface area contributed by atoms with Crippen molar-refractivity contribution in [2.24, 2.45) is 11.3 Å². The molecule has 0 spiro atoms. The quantitative estimate of drug-likeness (QED) is 0.762. The molecule has 1 aliphatic rings. The first-order chi connectivity index (χ1) is 9.52. The van der Waals surface area contributed by atoms with Crippen LogP contribution in [0, 0.1) is 11.3 Å². The van der Waals surface area contributed by atoms with Gasteiger partial charge in [-0.2, -0.15) is 0 Å². The fraction of sp³-hybridized carbons (Fsp3) is 0.462. The van der Waals surface area contributed by atoms with Gasteiger partial charge in [0.15, 0.2) is 0 Å². The third-order valence-corrected chi connectivity index (χ3v) is 6.35. The zero-order chi connectivity index (χ0) is 16.0. The number of hydrogen-bond donors (Lipinski definition) is 1. The molecule has 4 nitrogen and oxygen atoms in total. The van der Waals surface area contributed by atoms with E-state index in [4.69, 9.17) is 22.3 Å². The molecule has 0 radical (unpaired) electrons. The largest absolute Gasteiger partial charge is 0.352 e. The summed E-state index contributed by atoms with van der Waals surface area (Å²) in [6, 6.07) is 2.54. The molecule has 1 fully saturated rings. The van der Waals surface area contributed by atoms with Gasteiger partial charge >= 0.3 is 0 Å². The lowest BCUT2D eigenvalue weighted by Gasteiger charge is -2.10. The lowest BCUT2D eigenvalue weighted by Crippen LogP contribution is -2.27. The number of hydrogen-bond acceptors (Lipinski definition) is 3. The molecular weight excluding hydrogens is 401 g/mol. The van der Waals surface area contributed by atoms with Crippen LogP contribution in [-0.4, -0.2) is 20.9 Å². The van der Waals surface area contributed by atoms with Crippen molar-refractivity contribution in [1.29, 1.82) is 0 Å². The van der Waals surface area contributed by atoms with Crippen LogP contribution in [0.15, 0.2) is 21.5 Å². The van der Waals surface area contributed by atoms with Gasteiger partial charge in [-0.3, -0.25) is 4.79 Å². The van der Waals surface area contributed by atoms with E-state index in [2.05, 4.69) is 35.1 Å². The summed E-state index contributed by atoms with van der Waals surface area (Å²) in [6.45, 7) is 4.81. The fourth-order valence-electron chi connectivity index (χ4n) is 2.13. The Morgan fingerprint density at radius 1 is 1.48 bits per heavy atom. The Kier molecular flexibility index (Phi) is 4.65. The van der Waals surface area contributed by atoms with Gasteiger partial charge in [0.1, 0.15) is 0 Å². The summed E-state index contributed by atoms with van der Waals surface area (Å²) in [5.41, 5.74) is 0.346. The molecular formula is C13H14BrCl2NO3S. The minimum Gasteiger partial charge on any atom is -0.352 e. The van der Waals surface area contributed by atoms with Crippen LogP contribution in [0.4, 0.5) is 0 Å². The van der Waals surface area contributed by atoms with Crippen molar-refractivity contribution in [3.05, 3.63) is 27.2 Å². The van der Waals surface area contributed by atoms with Gasteiger partial charge in [-0.15, -0.1) is 0 Å². The third-order valence-electron chi connectivity index (χ3n) is 3.76. The van der Waals surface area contributed by atoms with Crippen molar-refractivity contribution >= 4 is 53.2 Å². The van der Waals surface area contributed by atoms with E-state index in [9.17, 15) is 13.2 Å². The summed E-state index contributed by atoms with van der Waals surface area (Å²) in [6.07, 6.45) is 1.06. The lowest BCUT2D eigenvalue weighted by atomic mass is 10.1. The molecule has 2 rings (SSSR count). The molecule has 1 aromatic carbocycles. The molecule has 0 heterocycles. The second-order valence-corrected chi connectivity index (χ2v) is 9.60. The van der Waals surface area contributed by atoms with Crippen LogP contribution in [0.25, 0.3) is 0 Å². The zero-order valence-electron chi connectivity index (χ0n) is 11.4. The standard InChI is InChI=1S/C13H14BrCl2NO3S/c1-13(2)5-7(13)6-17-12(18)8-3-11(21(16,19)20)9(14)4-10(8)15/h3-4,7H,5-6H2,1-2H3,(H,17,18). The van der Waals surface area contributed by atoms with Crippen molar-refractivity contribution in [3.63, 3.8) is 0 Å². The van der Waals surface area contributed by atoms with Crippen LogP contribution in [0.2, 0.25) is 5.02 Å². The number of carbonyl (C=O) groups is 1. The summed E-state index contributed by atoms with van der Waals surface area (Å²) >= 11 is 9.08. The second-order valence-electron chi connectivity index (χ2n) is 5.80. The summed E-state index contributed by atoms with van der Waals surface area (Å²) in [5, 5.41) is 2.94. The van der Waals surface area contributed by atoms with Gasteiger partial charge in [-0.1, -0.05) is 25.4 Å². The molecule has 1 unspecified atom stereocenters. The highest BCUT2D eigenvalue weighted by molar-refractivity contribution is 9.10. The summed E-state index contributed by atoms with van der Waals surface area (Å²) in [4.78, 5) is 12.0. The maximum Gasteiger partial charge on any atom is 0.262 e. The maximum absolute atomic E-state index is 12.2. The molecule has 1 atom stereocenters. The molecule has 116 valence electrons. The Hall–Kier alpha value is -0.300. The fourth-order valence-corrected chi connectivity index (χ4v) is 4.70. The number of halogens is 3. The van der Waals surface area contributed by atoms with Crippen molar-refractivity contribution in [3.8, 4) is 0 Å². The first-order valence-electron chi connectivity index (χ1n) is 6.24. The molecule has 0 aromatic heterocycles.